The van der Waals surface area contributed by atoms with Crippen molar-refractivity contribution >= 4 is 5.91 Å². The molecular weight excluding hydrogens is 274 g/mol. The number of hydrogen-bond acceptors (Lipinski definition) is 5. The van der Waals surface area contributed by atoms with E-state index in [2.05, 4.69) is 0 Å². The molecule has 6 heteroatoms. The molecule has 1 unspecified atom stereocenters. The third-order valence-corrected chi connectivity index (χ3v) is 3.21. The van der Waals surface area contributed by atoms with E-state index in [1.807, 2.05) is 0 Å². The topological polar surface area (TPSA) is 68.2 Å². The van der Waals surface area contributed by atoms with Crippen molar-refractivity contribution < 1.29 is 24.1 Å². The van der Waals surface area contributed by atoms with Crippen LogP contribution in [0.25, 0.3) is 0 Å². The summed E-state index contributed by atoms with van der Waals surface area (Å²) in [7, 11) is 1.51. The fraction of sp³-hybridized carbons (Fsp3) is 0.533. The second kappa shape index (κ2) is 7.97. The number of carbonyl (C=O) groups is 1. The minimum absolute atomic E-state index is 0.0740. The minimum atomic E-state index is -0.721. The fourth-order valence-electron chi connectivity index (χ4n) is 2.13. The van der Waals surface area contributed by atoms with Crippen molar-refractivity contribution in [3.05, 3.63) is 29.8 Å². The van der Waals surface area contributed by atoms with Crippen molar-refractivity contribution in [2.24, 2.45) is 0 Å². The van der Waals surface area contributed by atoms with E-state index >= 15 is 0 Å². The Morgan fingerprint density at radius 2 is 2.05 bits per heavy atom. The third-order valence-electron chi connectivity index (χ3n) is 3.21. The van der Waals surface area contributed by atoms with E-state index < -0.39 is 6.10 Å². The Balaban J connectivity index is 2.03. The minimum Gasteiger partial charge on any atom is -0.490 e. The lowest BCUT2D eigenvalue weighted by atomic mass is 10.1. The van der Waals surface area contributed by atoms with Crippen LogP contribution in [0.3, 0.4) is 0 Å². The number of carbonyl (C=O) groups excluding carboxylic acids is 1. The van der Waals surface area contributed by atoms with Gasteiger partial charge in [-0.15, -0.1) is 0 Å². The number of amides is 1. The van der Waals surface area contributed by atoms with Crippen LogP contribution in [-0.4, -0.2) is 68.6 Å². The SMILES string of the molecule is COCC(O)COc1ccccc1C(=O)N1CCOCC1. The van der Waals surface area contributed by atoms with Gasteiger partial charge in [0.1, 0.15) is 18.5 Å². The van der Waals surface area contributed by atoms with Crippen LogP contribution < -0.4 is 4.74 Å². The van der Waals surface area contributed by atoms with Crippen molar-refractivity contribution in [3.8, 4) is 5.75 Å². The number of benzene rings is 1. The van der Waals surface area contributed by atoms with E-state index in [0.717, 1.165) is 0 Å². The summed E-state index contributed by atoms with van der Waals surface area (Å²) in [5, 5.41) is 9.63. The van der Waals surface area contributed by atoms with Gasteiger partial charge in [-0.25, -0.2) is 0 Å². The van der Waals surface area contributed by atoms with Crippen molar-refractivity contribution in [2.75, 3.05) is 46.6 Å². The highest BCUT2D eigenvalue weighted by atomic mass is 16.5. The van der Waals surface area contributed by atoms with Gasteiger partial charge in [-0.2, -0.15) is 0 Å². The molecule has 0 aromatic heterocycles. The average Bonchev–Trinajstić information content (AvgIpc) is 2.54. The highest BCUT2D eigenvalue weighted by Gasteiger charge is 2.21. The normalized spacial score (nSPS) is 16.6. The van der Waals surface area contributed by atoms with Gasteiger partial charge in [0, 0.05) is 20.2 Å². The number of aliphatic hydroxyl groups excluding tert-OH is 1. The van der Waals surface area contributed by atoms with Gasteiger partial charge >= 0.3 is 0 Å². The maximum Gasteiger partial charge on any atom is 0.257 e. The standard InChI is InChI=1S/C15H21NO5/c1-19-10-12(17)11-21-14-5-3-2-4-13(14)15(18)16-6-8-20-9-7-16/h2-5,12,17H,6-11H2,1H3. The molecule has 0 aliphatic carbocycles. The molecule has 1 aromatic carbocycles. The fourth-order valence-corrected chi connectivity index (χ4v) is 2.13. The molecule has 1 saturated heterocycles. The Morgan fingerprint density at radius 3 is 2.76 bits per heavy atom. The summed E-state index contributed by atoms with van der Waals surface area (Å²) in [6, 6.07) is 7.06. The lowest BCUT2D eigenvalue weighted by Crippen LogP contribution is -2.40. The molecule has 6 nitrogen and oxygen atoms in total. The van der Waals surface area contributed by atoms with Crippen LogP contribution in [0.5, 0.6) is 5.75 Å². The molecule has 21 heavy (non-hydrogen) atoms. The summed E-state index contributed by atoms with van der Waals surface area (Å²) >= 11 is 0. The quantitative estimate of drug-likeness (QED) is 0.830. The Morgan fingerprint density at radius 1 is 1.33 bits per heavy atom. The van der Waals surface area contributed by atoms with Crippen molar-refractivity contribution in [1.29, 1.82) is 0 Å². The summed E-state index contributed by atoms with van der Waals surface area (Å²) in [5.74, 6) is 0.402. The number of para-hydroxylation sites is 1. The Kier molecular flexibility index (Phi) is 5.98. The van der Waals surface area contributed by atoms with Gasteiger partial charge in [0.05, 0.1) is 25.4 Å². The first-order valence-electron chi connectivity index (χ1n) is 6.98. The molecule has 1 N–H and O–H groups in total. The Bertz CT molecular complexity index is 459. The van der Waals surface area contributed by atoms with Gasteiger partial charge in [0.15, 0.2) is 0 Å². The molecule has 1 amide bonds. The first-order chi connectivity index (χ1) is 10.2. The molecular formula is C15H21NO5. The van der Waals surface area contributed by atoms with Gasteiger partial charge < -0.3 is 24.2 Å². The molecule has 2 rings (SSSR count). The molecule has 116 valence electrons. The third kappa shape index (κ3) is 4.42. The van der Waals surface area contributed by atoms with Crippen molar-refractivity contribution in [2.45, 2.75) is 6.10 Å². The van der Waals surface area contributed by atoms with E-state index in [4.69, 9.17) is 14.2 Å². The monoisotopic (exact) mass is 295 g/mol. The first-order valence-corrected chi connectivity index (χ1v) is 6.98. The summed E-state index contributed by atoms with van der Waals surface area (Å²) in [6.45, 7) is 2.56. The number of nitrogens with zero attached hydrogens (tertiary/aromatic N) is 1. The van der Waals surface area contributed by atoms with Gasteiger partial charge in [0.25, 0.3) is 5.91 Å². The molecule has 0 radical (unpaired) electrons. The van der Waals surface area contributed by atoms with E-state index in [-0.39, 0.29) is 19.1 Å². The molecule has 0 spiro atoms. The maximum atomic E-state index is 12.5. The second-order valence-electron chi connectivity index (χ2n) is 4.82. The van der Waals surface area contributed by atoms with E-state index in [9.17, 15) is 9.90 Å². The average molecular weight is 295 g/mol. The number of hydrogen-bond donors (Lipinski definition) is 1. The van der Waals surface area contributed by atoms with Crippen molar-refractivity contribution in [1.82, 2.24) is 4.90 Å². The lowest BCUT2D eigenvalue weighted by molar-refractivity contribution is 0.0273. The summed E-state index contributed by atoms with van der Waals surface area (Å²) in [4.78, 5) is 14.2. The van der Waals surface area contributed by atoms with Crippen LogP contribution in [0.1, 0.15) is 10.4 Å². The summed E-state index contributed by atoms with van der Waals surface area (Å²) < 4.78 is 15.7. The van der Waals surface area contributed by atoms with Crippen LogP contribution in [0.4, 0.5) is 0 Å². The second-order valence-corrected chi connectivity index (χ2v) is 4.82. The van der Waals surface area contributed by atoms with Crippen LogP contribution in [0, 0.1) is 0 Å². The van der Waals surface area contributed by atoms with Crippen LogP contribution in [0.2, 0.25) is 0 Å². The lowest BCUT2D eigenvalue weighted by Gasteiger charge is -2.27. The molecule has 1 fully saturated rings. The highest BCUT2D eigenvalue weighted by molar-refractivity contribution is 5.97. The van der Waals surface area contributed by atoms with E-state index in [0.29, 0.717) is 37.6 Å². The van der Waals surface area contributed by atoms with Gasteiger partial charge in [0.2, 0.25) is 0 Å². The zero-order valence-electron chi connectivity index (χ0n) is 12.2. The number of methoxy groups -OCH3 is 1. The molecule has 0 bridgehead atoms. The number of ether oxygens (including phenoxy) is 3. The number of rotatable bonds is 6. The van der Waals surface area contributed by atoms with Gasteiger partial charge in [-0.05, 0) is 12.1 Å². The predicted molar refractivity (Wildman–Crippen MR) is 76.5 cm³/mol. The van der Waals surface area contributed by atoms with Crippen molar-refractivity contribution in [3.63, 3.8) is 0 Å². The van der Waals surface area contributed by atoms with Crippen LogP contribution >= 0.6 is 0 Å². The summed E-state index contributed by atoms with van der Waals surface area (Å²) in [5.41, 5.74) is 0.504. The van der Waals surface area contributed by atoms with E-state index in [1.165, 1.54) is 7.11 Å². The van der Waals surface area contributed by atoms with Gasteiger partial charge in [-0.3, -0.25) is 4.79 Å². The highest BCUT2D eigenvalue weighted by Crippen LogP contribution is 2.20. The zero-order valence-corrected chi connectivity index (χ0v) is 12.2. The largest absolute Gasteiger partial charge is 0.490 e. The van der Waals surface area contributed by atoms with Crippen LogP contribution in [-0.2, 0) is 9.47 Å². The number of aliphatic hydroxyl groups is 1. The molecule has 1 aliphatic rings. The smallest absolute Gasteiger partial charge is 0.257 e. The first kappa shape index (κ1) is 15.8. The van der Waals surface area contributed by atoms with Crippen LogP contribution in [0.15, 0.2) is 24.3 Å². The molecule has 1 atom stereocenters. The molecule has 1 aliphatic heterocycles. The molecule has 1 heterocycles. The zero-order chi connectivity index (χ0) is 15.1. The Hall–Kier alpha value is -1.63. The molecule has 0 saturated carbocycles. The number of morpholine rings is 1. The maximum absolute atomic E-state index is 12.5. The predicted octanol–water partition coefficient (Wildman–Crippen LogP) is 0.545. The molecule has 1 aromatic rings. The van der Waals surface area contributed by atoms with E-state index in [1.54, 1.807) is 29.2 Å². The summed E-state index contributed by atoms with van der Waals surface area (Å²) in [6.07, 6.45) is -0.721. The van der Waals surface area contributed by atoms with Gasteiger partial charge in [-0.1, -0.05) is 12.1 Å². The Labute approximate surface area is 124 Å².